The molecular weight excluding hydrogens is 276 g/mol. The van der Waals surface area contributed by atoms with Crippen molar-refractivity contribution in [3.8, 4) is 0 Å². The second-order valence-corrected chi connectivity index (χ2v) is 5.68. The van der Waals surface area contributed by atoms with E-state index < -0.39 is 10.3 Å². The van der Waals surface area contributed by atoms with E-state index in [0.29, 0.717) is 5.69 Å². The molecule has 0 fully saturated rings. The Kier molecular flexibility index (Phi) is 3.64. The van der Waals surface area contributed by atoms with Gasteiger partial charge in [0.05, 0.1) is 21.8 Å². The fourth-order valence-electron chi connectivity index (χ4n) is 0.905. The van der Waals surface area contributed by atoms with Crippen molar-refractivity contribution in [2.45, 2.75) is 18.2 Å². The molecule has 0 atom stereocenters. The number of anilines is 1. The molecular formula is C10H11BrN2O3. The second-order valence-electron chi connectivity index (χ2n) is 3.69. The lowest BCUT2D eigenvalue weighted by molar-refractivity contribution is -0.117. The average molecular weight is 287 g/mol. The van der Waals surface area contributed by atoms with E-state index in [0.717, 1.165) is 0 Å². The summed E-state index contributed by atoms with van der Waals surface area (Å²) >= 11 is 3.20. The number of amides is 1. The third-order valence-electron chi connectivity index (χ3n) is 1.78. The van der Waals surface area contributed by atoms with Gasteiger partial charge < -0.3 is 10.4 Å². The molecule has 0 saturated heterocycles. The zero-order valence-corrected chi connectivity index (χ0v) is 10.4. The fraction of sp³-hybridized carbons (Fsp3) is 0.300. The predicted molar refractivity (Wildman–Crippen MR) is 62.8 cm³/mol. The first-order valence-electron chi connectivity index (χ1n) is 4.49. The highest BCUT2D eigenvalue weighted by molar-refractivity contribution is 9.10. The zero-order chi connectivity index (χ0) is 12.3. The maximum absolute atomic E-state index is 11.6. The molecule has 0 radical (unpaired) electrons. The molecule has 6 heteroatoms. The molecule has 2 N–H and O–H groups in total. The predicted octanol–water partition coefficient (Wildman–Crippen LogP) is 1.89. The number of alkyl halides is 1. The van der Waals surface area contributed by atoms with Crippen LogP contribution < -0.4 is 5.32 Å². The van der Waals surface area contributed by atoms with Crippen molar-refractivity contribution in [2.75, 3.05) is 5.32 Å². The standard InChI is InChI=1S/C10H11BrN2O3/c1-10(2,11)9(16)13-7-3-6(8(14)15)4-12-5-7/h3-5H,1-2H3,(H,13,16)(H,14,15). The Bertz CT molecular complexity index is 426. The molecule has 0 saturated carbocycles. The summed E-state index contributed by atoms with van der Waals surface area (Å²) in [4.78, 5) is 26.0. The number of pyridine rings is 1. The van der Waals surface area contributed by atoms with Crippen molar-refractivity contribution < 1.29 is 14.7 Å². The van der Waals surface area contributed by atoms with Crippen molar-refractivity contribution in [1.82, 2.24) is 4.98 Å². The van der Waals surface area contributed by atoms with Crippen LogP contribution in [-0.2, 0) is 4.79 Å². The summed E-state index contributed by atoms with van der Waals surface area (Å²) in [6, 6.07) is 1.35. The summed E-state index contributed by atoms with van der Waals surface area (Å²) in [6.45, 7) is 3.38. The number of carboxylic acid groups (broad SMARTS) is 1. The lowest BCUT2D eigenvalue weighted by Crippen LogP contribution is -2.31. The SMILES string of the molecule is CC(C)(Br)C(=O)Nc1cncc(C(=O)O)c1. The molecule has 1 amide bonds. The van der Waals surface area contributed by atoms with E-state index >= 15 is 0 Å². The van der Waals surface area contributed by atoms with Gasteiger partial charge >= 0.3 is 5.97 Å². The third kappa shape index (κ3) is 3.30. The van der Waals surface area contributed by atoms with E-state index in [1.165, 1.54) is 18.5 Å². The first kappa shape index (κ1) is 12.6. The number of carbonyl (C=O) groups is 2. The Labute approximate surface area is 101 Å². The maximum Gasteiger partial charge on any atom is 0.337 e. The van der Waals surface area contributed by atoms with Gasteiger partial charge in [-0.15, -0.1) is 0 Å². The molecule has 0 aliphatic carbocycles. The summed E-state index contributed by atoms with van der Waals surface area (Å²) in [7, 11) is 0. The largest absolute Gasteiger partial charge is 0.478 e. The van der Waals surface area contributed by atoms with Crippen LogP contribution in [0.3, 0.4) is 0 Å². The van der Waals surface area contributed by atoms with E-state index in [4.69, 9.17) is 5.11 Å². The van der Waals surface area contributed by atoms with E-state index in [1.54, 1.807) is 13.8 Å². The number of aromatic carboxylic acids is 1. The van der Waals surface area contributed by atoms with Gasteiger partial charge in [-0.1, -0.05) is 15.9 Å². The van der Waals surface area contributed by atoms with Crippen molar-refractivity contribution in [2.24, 2.45) is 0 Å². The number of nitrogens with zero attached hydrogens (tertiary/aromatic N) is 1. The van der Waals surface area contributed by atoms with Gasteiger partial charge in [-0.3, -0.25) is 9.78 Å². The molecule has 86 valence electrons. The zero-order valence-electron chi connectivity index (χ0n) is 8.82. The summed E-state index contributed by atoms with van der Waals surface area (Å²) in [5.41, 5.74) is 0.391. The molecule has 1 heterocycles. The Hall–Kier alpha value is -1.43. The van der Waals surface area contributed by atoms with Crippen molar-refractivity contribution in [1.29, 1.82) is 0 Å². The van der Waals surface area contributed by atoms with Crippen LogP contribution in [0.4, 0.5) is 5.69 Å². The van der Waals surface area contributed by atoms with Crippen LogP contribution >= 0.6 is 15.9 Å². The monoisotopic (exact) mass is 286 g/mol. The van der Waals surface area contributed by atoms with Crippen LogP contribution in [0.5, 0.6) is 0 Å². The molecule has 0 aromatic carbocycles. The second kappa shape index (κ2) is 4.61. The first-order valence-corrected chi connectivity index (χ1v) is 5.28. The summed E-state index contributed by atoms with van der Waals surface area (Å²) in [5.74, 6) is -1.35. The highest BCUT2D eigenvalue weighted by Gasteiger charge is 2.23. The molecule has 1 aromatic rings. The summed E-state index contributed by atoms with van der Waals surface area (Å²) in [5, 5.41) is 11.3. The Morgan fingerprint density at radius 1 is 1.44 bits per heavy atom. The fourth-order valence-corrected chi connectivity index (χ4v) is 1.00. The topological polar surface area (TPSA) is 79.3 Å². The average Bonchev–Trinajstić information content (AvgIpc) is 2.16. The van der Waals surface area contributed by atoms with Crippen LogP contribution in [-0.4, -0.2) is 26.3 Å². The van der Waals surface area contributed by atoms with Gasteiger partial charge in [-0.05, 0) is 19.9 Å². The van der Waals surface area contributed by atoms with Crippen LogP contribution in [0.1, 0.15) is 24.2 Å². The number of carbonyl (C=O) groups excluding carboxylic acids is 1. The molecule has 1 aromatic heterocycles. The van der Waals surface area contributed by atoms with Gasteiger partial charge in [0.15, 0.2) is 0 Å². The normalized spacial score (nSPS) is 10.9. The van der Waals surface area contributed by atoms with Crippen LogP contribution in [0.25, 0.3) is 0 Å². The van der Waals surface area contributed by atoms with Gasteiger partial charge in [0.2, 0.25) is 5.91 Å². The number of hydrogen-bond acceptors (Lipinski definition) is 3. The van der Waals surface area contributed by atoms with Crippen LogP contribution in [0, 0.1) is 0 Å². The molecule has 16 heavy (non-hydrogen) atoms. The Morgan fingerprint density at radius 3 is 2.56 bits per heavy atom. The van der Waals surface area contributed by atoms with Crippen LogP contribution in [0.15, 0.2) is 18.5 Å². The van der Waals surface area contributed by atoms with Gasteiger partial charge in [0.1, 0.15) is 0 Å². The molecule has 5 nitrogen and oxygen atoms in total. The number of rotatable bonds is 3. The number of halogens is 1. The molecule has 0 unspecified atom stereocenters. The number of carboxylic acids is 1. The molecule has 0 bridgehead atoms. The van der Waals surface area contributed by atoms with Gasteiger partial charge in [0, 0.05) is 6.20 Å². The van der Waals surface area contributed by atoms with E-state index in [-0.39, 0.29) is 11.5 Å². The molecule has 0 aliphatic heterocycles. The van der Waals surface area contributed by atoms with Crippen molar-refractivity contribution >= 4 is 33.5 Å². The van der Waals surface area contributed by atoms with E-state index in [2.05, 4.69) is 26.2 Å². The summed E-state index contributed by atoms with van der Waals surface area (Å²) in [6.07, 6.45) is 2.61. The van der Waals surface area contributed by atoms with E-state index in [1.807, 2.05) is 0 Å². The quantitative estimate of drug-likeness (QED) is 0.832. The number of hydrogen-bond donors (Lipinski definition) is 2. The van der Waals surface area contributed by atoms with Crippen molar-refractivity contribution in [3.05, 3.63) is 24.0 Å². The minimum Gasteiger partial charge on any atom is -0.478 e. The number of nitrogens with one attached hydrogen (secondary N) is 1. The lowest BCUT2D eigenvalue weighted by Gasteiger charge is -2.15. The van der Waals surface area contributed by atoms with Gasteiger partial charge in [-0.2, -0.15) is 0 Å². The Morgan fingerprint density at radius 2 is 2.06 bits per heavy atom. The van der Waals surface area contributed by atoms with Gasteiger partial charge in [0.25, 0.3) is 0 Å². The number of aromatic nitrogens is 1. The minimum absolute atomic E-state index is 0.0326. The molecule has 0 spiro atoms. The molecule has 0 aliphatic rings. The van der Waals surface area contributed by atoms with Gasteiger partial charge in [-0.25, -0.2) is 4.79 Å². The minimum atomic E-state index is -1.08. The third-order valence-corrected chi connectivity index (χ3v) is 2.14. The first-order chi connectivity index (χ1) is 7.30. The smallest absolute Gasteiger partial charge is 0.337 e. The summed E-state index contributed by atoms with van der Waals surface area (Å²) < 4.78 is -0.716. The lowest BCUT2D eigenvalue weighted by atomic mass is 10.2. The van der Waals surface area contributed by atoms with E-state index in [9.17, 15) is 9.59 Å². The molecule has 1 rings (SSSR count). The highest BCUT2D eigenvalue weighted by Crippen LogP contribution is 2.18. The van der Waals surface area contributed by atoms with Crippen molar-refractivity contribution in [3.63, 3.8) is 0 Å². The maximum atomic E-state index is 11.6. The highest BCUT2D eigenvalue weighted by atomic mass is 79.9. The van der Waals surface area contributed by atoms with Crippen LogP contribution in [0.2, 0.25) is 0 Å². The Balaban J connectivity index is 2.87.